The van der Waals surface area contributed by atoms with E-state index < -0.39 is 0 Å². The van der Waals surface area contributed by atoms with Gasteiger partial charge in [-0.2, -0.15) is 0 Å². The summed E-state index contributed by atoms with van der Waals surface area (Å²) >= 11 is 0. The predicted molar refractivity (Wildman–Crippen MR) is 69.8 cm³/mol. The number of ether oxygens (including phenoxy) is 1. The van der Waals surface area contributed by atoms with E-state index in [1.165, 1.54) is 23.1 Å². The van der Waals surface area contributed by atoms with E-state index in [0.29, 0.717) is 0 Å². The fourth-order valence-corrected chi connectivity index (χ4v) is 2.04. The first kappa shape index (κ1) is 13.2. The van der Waals surface area contributed by atoms with Gasteiger partial charge in [0.15, 0.2) is 0 Å². The van der Waals surface area contributed by atoms with Crippen molar-refractivity contribution < 1.29 is 4.74 Å². The third-order valence-electron chi connectivity index (χ3n) is 3.00. The highest BCUT2D eigenvalue weighted by atomic mass is 16.5. The lowest BCUT2D eigenvalue weighted by Gasteiger charge is -2.12. The van der Waals surface area contributed by atoms with E-state index in [0.717, 1.165) is 32.5 Å². The molecule has 0 atom stereocenters. The monoisotopic (exact) mass is 220 g/mol. The van der Waals surface area contributed by atoms with Crippen LogP contribution in [0.3, 0.4) is 0 Å². The minimum atomic E-state index is 0.775. The van der Waals surface area contributed by atoms with Crippen molar-refractivity contribution in [2.45, 2.75) is 53.1 Å². The molecule has 16 heavy (non-hydrogen) atoms. The van der Waals surface area contributed by atoms with Crippen LogP contribution in [0.15, 0.2) is 18.2 Å². The van der Waals surface area contributed by atoms with Gasteiger partial charge in [-0.05, 0) is 36.0 Å². The first-order chi connectivity index (χ1) is 7.83. The first-order valence-electron chi connectivity index (χ1n) is 6.50. The molecule has 0 aliphatic rings. The molecule has 0 fully saturated rings. The van der Waals surface area contributed by atoms with Crippen molar-refractivity contribution in [3.8, 4) is 0 Å². The summed E-state index contributed by atoms with van der Waals surface area (Å²) in [6, 6.07) is 6.58. The molecule has 0 unspecified atom stereocenters. The quantitative estimate of drug-likeness (QED) is 0.628. The Morgan fingerprint density at radius 1 is 1.00 bits per heavy atom. The van der Waals surface area contributed by atoms with E-state index in [1.54, 1.807) is 0 Å². The molecule has 0 bridgehead atoms. The summed E-state index contributed by atoms with van der Waals surface area (Å²) in [4.78, 5) is 0. The molecular weight excluding hydrogens is 196 g/mol. The minimum Gasteiger partial charge on any atom is -0.377 e. The highest BCUT2D eigenvalue weighted by molar-refractivity contribution is 5.35. The van der Waals surface area contributed by atoms with Gasteiger partial charge >= 0.3 is 0 Å². The number of hydrogen-bond acceptors (Lipinski definition) is 1. The molecule has 0 saturated carbocycles. The van der Waals surface area contributed by atoms with Crippen LogP contribution in [0.5, 0.6) is 0 Å². The molecule has 0 aliphatic carbocycles. The lowest BCUT2D eigenvalue weighted by molar-refractivity contribution is 0.117. The average molecular weight is 220 g/mol. The van der Waals surface area contributed by atoms with Crippen LogP contribution in [0.2, 0.25) is 0 Å². The van der Waals surface area contributed by atoms with Crippen LogP contribution in [0, 0.1) is 0 Å². The molecule has 0 aromatic heterocycles. The lowest BCUT2D eigenvalue weighted by Crippen LogP contribution is -2.01. The molecule has 1 nitrogen and oxygen atoms in total. The van der Waals surface area contributed by atoms with E-state index in [4.69, 9.17) is 4.74 Å². The topological polar surface area (TPSA) is 9.23 Å². The number of benzene rings is 1. The zero-order valence-electron chi connectivity index (χ0n) is 10.9. The summed E-state index contributed by atoms with van der Waals surface area (Å²) in [6.45, 7) is 8.30. The largest absolute Gasteiger partial charge is 0.377 e. The summed E-state index contributed by atoms with van der Waals surface area (Å²) in [7, 11) is 0. The smallest absolute Gasteiger partial charge is 0.0719 e. The van der Waals surface area contributed by atoms with Crippen molar-refractivity contribution in [1.29, 1.82) is 0 Å². The third-order valence-corrected chi connectivity index (χ3v) is 3.00. The summed E-state index contributed by atoms with van der Waals surface area (Å²) in [6.07, 6.45) is 4.59. The number of aryl methyl sites for hydroxylation is 1. The predicted octanol–water partition coefficient (Wildman–Crippen LogP) is 4.13. The maximum atomic E-state index is 5.70. The maximum Gasteiger partial charge on any atom is 0.0719 e. The van der Waals surface area contributed by atoms with E-state index in [2.05, 4.69) is 39.0 Å². The van der Waals surface area contributed by atoms with Gasteiger partial charge in [0, 0.05) is 6.61 Å². The van der Waals surface area contributed by atoms with Crippen LogP contribution >= 0.6 is 0 Å². The van der Waals surface area contributed by atoms with Crippen molar-refractivity contribution in [2.75, 3.05) is 6.61 Å². The van der Waals surface area contributed by atoms with Crippen molar-refractivity contribution in [1.82, 2.24) is 0 Å². The molecule has 0 aliphatic heterocycles. The Hall–Kier alpha value is -0.820. The molecule has 0 N–H and O–H groups in total. The zero-order valence-corrected chi connectivity index (χ0v) is 10.9. The number of unbranched alkanes of at least 4 members (excludes halogenated alkanes) is 1. The van der Waals surface area contributed by atoms with E-state index >= 15 is 0 Å². The molecule has 90 valence electrons. The Balaban J connectivity index is 2.63. The van der Waals surface area contributed by atoms with Crippen molar-refractivity contribution in [2.24, 2.45) is 0 Å². The molecule has 0 amide bonds. The van der Waals surface area contributed by atoms with Gasteiger partial charge in [-0.3, -0.25) is 0 Å². The number of rotatable bonds is 7. The van der Waals surface area contributed by atoms with Crippen molar-refractivity contribution >= 4 is 0 Å². The van der Waals surface area contributed by atoms with Gasteiger partial charge in [-0.25, -0.2) is 0 Å². The van der Waals surface area contributed by atoms with E-state index in [-0.39, 0.29) is 0 Å². The van der Waals surface area contributed by atoms with Crippen molar-refractivity contribution in [3.63, 3.8) is 0 Å². The molecule has 1 heteroatoms. The second kappa shape index (κ2) is 7.45. The SMILES string of the molecule is CCCCOCc1cccc(CC)c1CC. The molecular formula is C15H24O. The van der Waals surface area contributed by atoms with Gasteiger partial charge in [0.05, 0.1) is 6.61 Å². The molecule has 1 rings (SSSR count). The van der Waals surface area contributed by atoms with Crippen LogP contribution in [-0.2, 0) is 24.2 Å². The summed E-state index contributed by atoms with van der Waals surface area (Å²) in [5.74, 6) is 0. The van der Waals surface area contributed by atoms with Gasteiger partial charge in [0.2, 0.25) is 0 Å². The maximum absolute atomic E-state index is 5.70. The van der Waals surface area contributed by atoms with Crippen LogP contribution in [0.25, 0.3) is 0 Å². The zero-order chi connectivity index (χ0) is 11.8. The summed E-state index contributed by atoms with van der Waals surface area (Å²) in [5.41, 5.74) is 4.33. The van der Waals surface area contributed by atoms with E-state index in [9.17, 15) is 0 Å². The fourth-order valence-electron chi connectivity index (χ4n) is 2.04. The Bertz CT molecular complexity index is 304. The number of hydrogen-bond donors (Lipinski definition) is 0. The normalized spacial score (nSPS) is 10.7. The highest BCUT2D eigenvalue weighted by Gasteiger charge is 2.04. The molecule has 1 aromatic carbocycles. The van der Waals surface area contributed by atoms with Crippen LogP contribution in [-0.4, -0.2) is 6.61 Å². The van der Waals surface area contributed by atoms with Crippen LogP contribution in [0.4, 0.5) is 0 Å². The molecule has 0 radical (unpaired) electrons. The second-order valence-electron chi connectivity index (χ2n) is 4.17. The van der Waals surface area contributed by atoms with E-state index in [1.807, 2.05) is 0 Å². The molecule has 0 heterocycles. The van der Waals surface area contributed by atoms with Crippen molar-refractivity contribution in [3.05, 3.63) is 34.9 Å². The van der Waals surface area contributed by atoms with Gasteiger partial charge in [0.1, 0.15) is 0 Å². The molecule has 0 spiro atoms. The summed E-state index contributed by atoms with van der Waals surface area (Å²) in [5, 5.41) is 0. The van der Waals surface area contributed by atoms with Gasteiger partial charge in [0.25, 0.3) is 0 Å². The fraction of sp³-hybridized carbons (Fsp3) is 0.600. The lowest BCUT2D eigenvalue weighted by atomic mass is 9.98. The Morgan fingerprint density at radius 2 is 1.75 bits per heavy atom. The summed E-state index contributed by atoms with van der Waals surface area (Å²) < 4.78 is 5.70. The Morgan fingerprint density at radius 3 is 2.38 bits per heavy atom. The van der Waals surface area contributed by atoms with Gasteiger partial charge < -0.3 is 4.74 Å². The second-order valence-corrected chi connectivity index (χ2v) is 4.17. The Labute approximate surface area is 99.8 Å². The van der Waals surface area contributed by atoms with Crippen LogP contribution in [0.1, 0.15) is 50.3 Å². The Kier molecular flexibility index (Phi) is 6.17. The molecule has 1 aromatic rings. The average Bonchev–Trinajstić information content (AvgIpc) is 2.34. The highest BCUT2D eigenvalue weighted by Crippen LogP contribution is 2.17. The van der Waals surface area contributed by atoms with Gasteiger partial charge in [-0.15, -0.1) is 0 Å². The first-order valence-corrected chi connectivity index (χ1v) is 6.50. The molecule has 0 saturated heterocycles. The third kappa shape index (κ3) is 3.64. The minimum absolute atomic E-state index is 0.775. The standard InChI is InChI=1S/C15H24O/c1-4-7-11-16-12-14-10-8-9-13(5-2)15(14)6-3/h8-10H,4-7,11-12H2,1-3H3. The van der Waals surface area contributed by atoms with Gasteiger partial charge in [-0.1, -0.05) is 45.4 Å². The van der Waals surface area contributed by atoms with Crippen LogP contribution < -0.4 is 0 Å².